The number of halogens is 1. The van der Waals surface area contributed by atoms with Crippen LogP contribution in [0.15, 0.2) is 23.1 Å². The Morgan fingerprint density at radius 3 is 2.95 bits per heavy atom. The lowest BCUT2D eigenvalue weighted by Crippen LogP contribution is -2.46. The van der Waals surface area contributed by atoms with Crippen molar-refractivity contribution in [2.24, 2.45) is 5.92 Å². The summed E-state index contributed by atoms with van der Waals surface area (Å²) in [6.45, 7) is 3.71. The second-order valence-corrected chi connectivity index (χ2v) is 7.58. The second kappa shape index (κ2) is 5.09. The minimum absolute atomic E-state index is 0.0990. The zero-order valence-corrected chi connectivity index (χ0v) is 12.3. The summed E-state index contributed by atoms with van der Waals surface area (Å²) in [5, 5.41) is 3.41. The fourth-order valence-corrected chi connectivity index (χ4v) is 4.97. The van der Waals surface area contributed by atoms with Gasteiger partial charge < -0.3 is 5.32 Å². The van der Waals surface area contributed by atoms with Crippen LogP contribution in [0.4, 0.5) is 4.39 Å². The van der Waals surface area contributed by atoms with Crippen molar-refractivity contribution in [3.05, 3.63) is 29.6 Å². The highest BCUT2D eigenvalue weighted by Gasteiger charge is 2.38. The fraction of sp³-hybridized carbons (Fsp3) is 0.571. The standard InChI is InChI=1S/C14H19FN2O2S/c1-10-2-3-12(15)8-14(10)20(18,19)17-7-5-13-11(9-17)4-6-16-13/h2-3,8,11,13,16H,4-7,9H2,1H3. The number of nitrogens with one attached hydrogen (secondary N) is 1. The molecule has 20 heavy (non-hydrogen) atoms. The SMILES string of the molecule is Cc1ccc(F)cc1S(=O)(=O)N1CCC2NCCC2C1. The molecule has 0 saturated carbocycles. The van der Waals surface area contributed by atoms with E-state index in [2.05, 4.69) is 5.32 Å². The van der Waals surface area contributed by atoms with Crippen LogP contribution in [0, 0.1) is 18.7 Å². The second-order valence-electron chi connectivity index (χ2n) is 5.67. The Hall–Kier alpha value is -0.980. The molecule has 2 aliphatic rings. The first-order valence-electron chi connectivity index (χ1n) is 6.98. The molecule has 110 valence electrons. The minimum Gasteiger partial charge on any atom is -0.314 e. The van der Waals surface area contributed by atoms with Crippen molar-refractivity contribution in [1.82, 2.24) is 9.62 Å². The van der Waals surface area contributed by atoms with E-state index < -0.39 is 15.8 Å². The molecule has 2 atom stereocenters. The highest BCUT2D eigenvalue weighted by Crippen LogP contribution is 2.29. The van der Waals surface area contributed by atoms with E-state index in [0.717, 1.165) is 25.5 Å². The van der Waals surface area contributed by atoms with Crippen LogP contribution in [-0.2, 0) is 10.0 Å². The molecule has 3 rings (SSSR count). The monoisotopic (exact) mass is 298 g/mol. The Bertz CT molecular complexity index is 618. The number of fused-ring (bicyclic) bond motifs is 1. The highest BCUT2D eigenvalue weighted by atomic mass is 32.2. The van der Waals surface area contributed by atoms with Crippen LogP contribution in [0.3, 0.4) is 0 Å². The van der Waals surface area contributed by atoms with Crippen molar-refractivity contribution < 1.29 is 12.8 Å². The maximum Gasteiger partial charge on any atom is 0.243 e. The van der Waals surface area contributed by atoms with Gasteiger partial charge in [-0.25, -0.2) is 12.8 Å². The lowest BCUT2D eigenvalue weighted by Gasteiger charge is -2.34. The predicted molar refractivity (Wildman–Crippen MR) is 74.4 cm³/mol. The van der Waals surface area contributed by atoms with E-state index >= 15 is 0 Å². The van der Waals surface area contributed by atoms with E-state index in [1.807, 2.05) is 0 Å². The Balaban J connectivity index is 1.90. The number of piperidine rings is 1. The van der Waals surface area contributed by atoms with Gasteiger partial charge in [0.15, 0.2) is 0 Å². The zero-order chi connectivity index (χ0) is 14.3. The highest BCUT2D eigenvalue weighted by molar-refractivity contribution is 7.89. The molecule has 2 aliphatic heterocycles. The third-order valence-electron chi connectivity index (χ3n) is 4.39. The lowest BCUT2D eigenvalue weighted by atomic mass is 9.95. The number of hydrogen-bond acceptors (Lipinski definition) is 3. The van der Waals surface area contributed by atoms with Crippen LogP contribution >= 0.6 is 0 Å². The van der Waals surface area contributed by atoms with Crippen molar-refractivity contribution in [1.29, 1.82) is 0 Å². The van der Waals surface area contributed by atoms with Gasteiger partial charge in [0.2, 0.25) is 10.0 Å². The largest absolute Gasteiger partial charge is 0.314 e. The Kier molecular flexibility index (Phi) is 3.56. The summed E-state index contributed by atoms with van der Waals surface area (Å²) < 4.78 is 40.3. The molecule has 1 aromatic rings. The van der Waals surface area contributed by atoms with Gasteiger partial charge in [0, 0.05) is 19.1 Å². The molecular weight excluding hydrogens is 279 g/mol. The molecule has 1 aromatic carbocycles. The molecule has 4 nitrogen and oxygen atoms in total. The van der Waals surface area contributed by atoms with Crippen molar-refractivity contribution in [3.8, 4) is 0 Å². The molecule has 6 heteroatoms. The van der Waals surface area contributed by atoms with Crippen LogP contribution in [0.1, 0.15) is 18.4 Å². The summed E-state index contributed by atoms with van der Waals surface area (Å²) in [5.74, 6) is -0.126. The summed E-state index contributed by atoms with van der Waals surface area (Å²) in [4.78, 5) is 0.0990. The Morgan fingerprint density at radius 1 is 1.35 bits per heavy atom. The van der Waals surface area contributed by atoms with Gasteiger partial charge in [-0.2, -0.15) is 4.31 Å². The fourth-order valence-electron chi connectivity index (χ4n) is 3.22. The van der Waals surface area contributed by atoms with Gasteiger partial charge >= 0.3 is 0 Å². The molecule has 2 unspecified atom stereocenters. The van der Waals surface area contributed by atoms with Crippen LogP contribution in [-0.4, -0.2) is 38.4 Å². The molecule has 0 amide bonds. The van der Waals surface area contributed by atoms with E-state index in [1.165, 1.54) is 16.4 Å². The number of sulfonamides is 1. The van der Waals surface area contributed by atoms with Gasteiger partial charge in [0.25, 0.3) is 0 Å². The van der Waals surface area contributed by atoms with Crippen LogP contribution < -0.4 is 5.32 Å². The minimum atomic E-state index is -3.59. The molecule has 0 aromatic heterocycles. The summed E-state index contributed by atoms with van der Waals surface area (Å²) in [5.41, 5.74) is 0.595. The van der Waals surface area contributed by atoms with Crippen molar-refractivity contribution in [2.75, 3.05) is 19.6 Å². The Labute approximate surface area is 119 Å². The summed E-state index contributed by atoms with van der Waals surface area (Å²) in [6.07, 6.45) is 1.84. The maximum atomic E-state index is 13.4. The Morgan fingerprint density at radius 2 is 2.15 bits per heavy atom. The topological polar surface area (TPSA) is 49.4 Å². The molecular formula is C14H19FN2O2S. The molecule has 0 aliphatic carbocycles. The smallest absolute Gasteiger partial charge is 0.243 e. The summed E-state index contributed by atoms with van der Waals surface area (Å²) in [6, 6.07) is 4.38. The molecule has 2 saturated heterocycles. The van der Waals surface area contributed by atoms with Gasteiger partial charge in [-0.15, -0.1) is 0 Å². The first-order valence-corrected chi connectivity index (χ1v) is 8.42. The normalized spacial score (nSPS) is 27.5. The van der Waals surface area contributed by atoms with Crippen LogP contribution in [0.5, 0.6) is 0 Å². The number of aryl methyl sites for hydroxylation is 1. The number of nitrogens with zero attached hydrogens (tertiary/aromatic N) is 1. The predicted octanol–water partition coefficient (Wildman–Crippen LogP) is 1.51. The van der Waals surface area contributed by atoms with E-state index in [1.54, 1.807) is 6.92 Å². The summed E-state index contributed by atoms with van der Waals surface area (Å²) in [7, 11) is -3.59. The van der Waals surface area contributed by atoms with Crippen molar-refractivity contribution in [2.45, 2.75) is 30.7 Å². The van der Waals surface area contributed by atoms with Crippen molar-refractivity contribution >= 4 is 10.0 Å². The number of rotatable bonds is 2. The number of hydrogen-bond donors (Lipinski definition) is 1. The summed E-state index contributed by atoms with van der Waals surface area (Å²) >= 11 is 0. The molecule has 2 heterocycles. The lowest BCUT2D eigenvalue weighted by molar-refractivity contribution is 0.247. The average Bonchev–Trinajstić information content (AvgIpc) is 2.88. The maximum absolute atomic E-state index is 13.4. The van der Waals surface area contributed by atoms with E-state index in [4.69, 9.17) is 0 Å². The van der Waals surface area contributed by atoms with Crippen molar-refractivity contribution in [3.63, 3.8) is 0 Å². The first kappa shape index (κ1) is 14.0. The van der Waals surface area contributed by atoms with E-state index in [-0.39, 0.29) is 4.90 Å². The average molecular weight is 298 g/mol. The van der Waals surface area contributed by atoms with Gasteiger partial charge in [-0.3, -0.25) is 0 Å². The van der Waals surface area contributed by atoms with E-state index in [0.29, 0.717) is 30.6 Å². The molecule has 0 spiro atoms. The van der Waals surface area contributed by atoms with Crippen LogP contribution in [0.25, 0.3) is 0 Å². The van der Waals surface area contributed by atoms with Gasteiger partial charge in [0.1, 0.15) is 5.82 Å². The van der Waals surface area contributed by atoms with E-state index in [9.17, 15) is 12.8 Å². The first-order chi connectivity index (χ1) is 9.48. The zero-order valence-electron chi connectivity index (χ0n) is 11.5. The molecule has 0 bridgehead atoms. The third kappa shape index (κ3) is 2.36. The quantitative estimate of drug-likeness (QED) is 0.900. The van der Waals surface area contributed by atoms with Gasteiger partial charge in [-0.1, -0.05) is 6.07 Å². The number of benzene rings is 1. The van der Waals surface area contributed by atoms with Gasteiger partial charge in [0.05, 0.1) is 4.90 Å². The van der Waals surface area contributed by atoms with Gasteiger partial charge in [-0.05, 0) is 49.9 Å². The van der Waals surface area contributed by atoms with Crippen LogP contribution in [0.2, 0.25) is 0 Å². The molecule has 0 radical (unpaired) electrons. The molecule has 1 N–H and O–H groups in total. The molecule has 2 fully saturated rings. The third-order valence-corrected chi connectivity index (χ3v) is 6.39.